The van der Waals surface area contributed by atoms with Crippen molar-refractivity contribution in [3.63, 3.8) is 0 Å². The zero-order valence-corrected chi connectivity index (χ0v) is 14.9. The van der Waals surface area contributed by atoms with Gasteiger partial charge in [0.15, 0.2) is 5.82 Å². The van der Waals surface area contributed by atoms with Gasteiger partial charge in [0.05, 0.1) is 23.7 Å². The summed E-state index contributed by atoms with van der Waals surface area (Å²) >= 11 is 1.03. The lowest BCUT2D eigenvalue weighted by atomic mass is 10.1. The van der Waals surface area contributed by atoms with E-state index in [4.69, 9.17) is 4.84 Å². The first-order chi connectivity index (χ1) is 12.4. The summed E-state index contributed by atoms with van der Waals surface area (Å²) in [5.41, 5.74) is 1.08. The van der Waals surface area contributed by atoms with Crippen LogP contribution >= 0.6 is 11.3 Å². The number of carboxylic acids is 1. The van der Waals surface area contributed by atoms with Crippen molar-refractivity contribution in [3.8, 4) is 6.07 Å². The quantitative estimate of drug-likeness (QED) is 0.697. The summed E-state index contributed by atoms with van der Waals surface area (Å²) in [5.74, 6) is -1.29. The fourth-order valence-electron chi connectivity index (χ4n) is 2.69. The summed E-state index contributed by atoms with van der Waals surface area (Å²) in [4.78, 5) is 25.8. The van der Waals surface area contributed by atoms with Crippen LogP contribution in [0.5, 0.6) is 0 Å². The van der Waals surface area contributed by atoms with Crippen LogP contribution in [0.25, 0.3) is 10.2 Å². The molecule has 0 bridgehead atoms. The number of aromatic carboxylic acids is 1. The van der Waals surface area contributed by atoms with Gasteiger partial charge in [0.25, 0.3) is 0 Å². The summed E-state index contributed by atoms with van der Waals surface area (Å²) in [5, 5.41) is 20.6. The molecule has 9 heteroatoms. The molecule has 0 atom stereocenters. The fraction of sp³-hybridized carbons (Fsp3) is 0.176. The average molecular weight is 372 g/mol. The molecule has 0 saturated heterocycles. The van der Waals surface area contributed by atoms with Crippen molar-refractivity contribution in [3.05, 3.63) is 45.8 Å². The Bertz CT molecular complexity index is 1070. The fourth-order valence-corrected chi connectivity index (χ4v) is 3.67. The Hall–Kier alpha value is -3.09. The zero-order chi connectivity index (χ0) is 19.0. The van der Waals surface area contributed by atoms with E-state index in [0.29, 0.717) is 21.5 Å². The molecule has 0 amide bonds. The molecule has 0 aliphatic carbocycles. The molecule has 2 aromatic heterocycles. The van der Waals surface area contributed by atoms with E-state index in [9.17, 15) is 19.6 Å². The Labute approximate surface area is 151 Å². The minimum atomic E-state index is -1.06. The van der Waals surface area contributed by atoms with E-state index in [2.05, 4.69) is 9.97 Å². The third kappa shape index (κ3) is 2.65. The number of carbonyl (C=O) groups is 1. The molecule has 0 fully saturated rings. The number of benzene rings is 1. The number of carboxylic acid groups (broad SMARTS) is 1. The Kier molecular flexibility index (Phi) is 4.54. The van der Waals surface area contributed by atoms with E-state index in [1.807, 2.05) is 6.07 Å². The summed E-state index contributed by atoms with van der Waals surface area (Å²) in [6.07, 6.45) is 1.29. The lowest BCUT2D eigenvalue weighted by molar-refractivity contribution is 0.0701. The first-order valence-electron chi connectivity index (χ1n) is 7.41. The first kappa shape index (κ1) is 17.7. The Morgan fingerprint density at radius 3 is 2.69 bits per heavy atom. The number of hydrogen-bond acceptors (Lipinski definition) is 7. The van der Waals surface area contributed by atoms with Gasteiger partial charge < -0.3 is 5.11 Å². The zero-order valence-electron chi connectivity index (χ0n) is 14.1. The lowest BCUT2D eigenvalue weighted by Crippen LogP contribution is -2.19. The molecule has 0 aliphatic rings. The van der Waals surface area contributed by atoms with Crippen molar-refractivity contribution >= 4 is 39.0 Å². The Morgan fingerprint density at radius 2 is 2.08 bits per heavy atom. The second-order valence-corrected chi connectivity index (χ2v) is 6.39. The topological polar surface area (TPSA) is 99.3 Å². The van der Waals surface area contributed by atoms with Crippen LogP contribution in [0.15, 0.2) is 18.5 Å². The molecule has 1 aromatic carbocycles. The highest BCUT2D eigenvalue weighted by atomic mass is 32.1. The molecule has 0 radical (unpaired) electrons. The van der Waals surface area contributed by atoms with E-state index < -0.39 is 11.8 Å². The van der Waals surface area contributed by atoms with E-state index in [1.165, 1.54) is 37.6 Å². The second kappa shape index (κ2) is 6.67. The van der Waals surface area contributed by atoms with Crippen molar-refractivity contribution in [1.29, 1.82) is 5.26 Å². The number of halogens is 1. The number of thiophene rings is 1. The second-order valence-electron chi connectivity index (χ2n) is 5.39. The number of aryl methyl sites for hydroxylation is 1. The highest BCUT2D eigenvalue weighted by Crippen LogP contribution is 2.38. The highest BCUT2D eigenvalue weighted by Gasteiger charge is 2.25. The summed E-state index contributed by atoms with van der Waals surface area (Å²) in [6.45, 7) is 3.16. The van der Waals surface area contributed by atoms with Gasteiger partial charge in [-0.2, -0.15) is 5.26 Å². The van der Waals surface area contributed by atoms with Gasteiger partial charge in [-0.3, -0.25) is 4.84 Å². The molecule has 3 rings (SSSR count). The number of hydrogen-bond donors (Lipinski definition) is 1. The molecule has 2 heterocycles. The largest absolute Gasteiger partial charge is 0.477 e. The van der Waals surface area contributed by atoms with Gasteiger partial charge in [0, 0.05) is 5.56 Å². The third-order valence-electron chi connectivity index (χ3n) is 3.98. The lowest BCUT2D eigenvalue weighted by Gasteiger charge is -2.23. The molecule has 132 valence electrons. The number of nitriles is 1. The van der Waals surface area contributed by atoms with Crippen molar-refractivity contribution in [2.75, 3.05) is 12.2 Å². The van der Waals surface area contributed by atoms with Crippen molar-refractivity contribution in [2.24, 2.45) is 0 Å². The van der Waals surface area contributed by atoms with Crippen LogP contribution in [0.1, 0.15) is 26.4 Å². The molecule has 0 aliphatic heterocycles. The molecule has 1 N–H and O–H groups in total. The highest BCUT2D eigenvalue weighted by molar-refractivity contribution is 7.20. The van der Waals surface area contributed by atoms with Crippen LogP contribution in [0.3, 0.4) is 0 Å². The van der Waals surface area contributed by atoms with E-state index >= 15 is 0 Å². The van der Waals surface area contributed by atoms with E-state index in [0.717, 1.165) is 11.3 Å². The van der Waals surface area contributed by atoms with Gasteiger partial charge in [-0.1, -0.05) is 0 Å². The number of nitrogens with zero attached hydrogens (tertiary/aromatic N) is 4. The van der Waals surface area contributed by atoms with Gasteiger partial charge in [0.1, 0.15) is 27.9 Å². The number of fused-ring (bicyclic) bond motifs is 1. The number of anilines is 2. The maximum atomic E-state index is 13.8. The van der Waals surface area contributed by atoms with E-state index in [-0.39, 0.29) is 21.8 Å². The molecule has 3 aromatic rings. The molecule has 7 nitrogen and oxygen atoms in total. The maximum Gasteiger partial charge on any atom is 0.346 e. The molecular formula is C17H13FN4O3S. The SMILES string of the molecule is CON(c1ccc(F)c(C)c1C#N)c1ncnc2sc(C(=O)O)c(C)c12. The van der Waals surface area contributed by atoms with Gasteiger partial charge >= 0.3 is 5.97 Å². The molecule has 0 spiro atoms. The van der Waals surface area contributed by atoms with Crippen LogP contribution in [0, 0.1) is 31.0 Å². The summed E-state index contributed by atoms with van der Waals surface area (Å²) in [7, 11) is 1.38. The predicted octanol–water partition coefficient (Wildman–Crippen LogP) is 3.72. The average Bonchev–Trinajstić information content (AvgIpc) is 2.97. The van der Waals surface area contributed by atoms with Gasteiger partial charge in [0.2, 0.25) is 0 Å². The molecule has 0 saturated carbocycles. The maximum absolute atomic E-state index is 13.8. The standard InChI is InChI=1S/C17H13FN4O3S/c1-8-10(6-19)12(5-4-11(8)18)22(25-3)15-13-9(2)14(17(23)24)26-16(13)21-7-20-15/h4-5,7H,1-3H3,(H,23,24). The van der Waals surface area contributed by atoms with Crippen LogP contribution < -0.4 is 5.06 Å². The molecule has 0 unspecified atom stereocenters. The van der Waals surface area contributed by atoms with Gasteiger partial charge in [-0.05, 0) is 31.5 Å². The monoisotopic (exact) mass is 372 g/mol. The normalized spacial score (nSPS) is 10.7. The van der Waals surface area contributed by atoms with Crippen molar-refractivity contribution in [1.82, 2.24) is 9.97 Å². The smallest absolute Gasteiger partial charge is 0.346 e. The van der Waals surface area contributed by atoms with Crippen molar-refractivity contribution in [2.45, 2.75) is 13.8 Å². The van der Waals surface area contributed by atoms with Gasteiger partial charge in [-0.15, -0.1) is 11.3 Å². The van der Waals surface area contributed by atoms with Crippen molar-refractivity contribution < 1.29 is 19.1 Å². The third-order valence-corrected chi connectivity index (χ3v) is 5.17. The minimum Gasteiger partial charge on any atom is -0.477 e. The number of rotatable bonds is 4. The predicted molar refractivity (Wildman–Crippen MR) is 94.1 cm³/mol. The number of aromatic nitrogens is 2. The van der Waals surface area contributed by atoms with Crippen LogP contribution in [-0.2, 0) is 4.84 Å². The van der Waals surface area contributed by atoms with Gasteiger partial charge in [-0.25, -0.2) is 24.2 Å². The van der Waals surface area contributed by atoms with Crippen LogP contribution in [0.4, 0.5) is 15.9 Å². The minimum absolute atomic E-state index is 0.102. The van der Waals surface area contributed by atoms with Crippen LogP contribution in [-0.4, -0.2) is 28.2 Å². The van der Waals surface area contributed by atoms with Crippen LogP contribution in [0.2, 0.25) is 0 Å². The summed E-state index contributed by atoms with van der Waals surface area (Å²) in [6, 6.07) is 4.63. The Morgan fingerprint density at radius 1 is 1.35 bits per heavy atom. The molecule has 26 heavy (non-hydrogen) atoms. The van der Waals surface area contributed by atoms with E-state index in [1.54, 1.807) is 6.92 Å². The Balaban J connectivity index is 2.30. The molecular weight excluding hydrogens is 359 g/mol. The summed E-state index contributed by atoms with van der Waals surface area (Å²) < 4.78 is 13.8. The first-order valence-corrected chi connectivity index (χ1v) is 8.23.